The highest BCUT2D eigenvalue weighted by atomic mass is 16.5. The standard InChI is InChI=1S/C22H28N2O3/c1-6-24(15-16-7-13-19(27-5)14-8-16)21(26)18-11-9-17(10-12-18)20(25)23-22(2,3)4/h7-14H,6,15H2,1-5H3,(H,23,25). The van der Waals surface area contributed by atoms with Crippen LogP contribution >= 0.6 is 0 Å². The average molecular weight is 368 g/mol. The third-order valence-electron chi connectivity index (χ3n) is 4.08. The van der Waals surface area contributed by atoms with E-state index >= 15 is 0 Å². The summed E-state index contributed by atoms with van der Waals surface area (Å²) < 4.78 is 5.16. The minimum atomic E-state index is -0.303. The molecular weight excluding hydrogens is 340 g/mol. The van der Waals surface area contributed by atoms with Crippen LogP contribution in [0.1, 0.15) is 54.0 Å². The summed E-state index contributed by atoms with van der Waals surface area (Å²) in [6.45, 7) is 8.86. The molecule has 144 valence electrons. The predicted molar refractivity (Wildman–Crippen MR) is 107 cm³/mol. The molecule has 0 aromatic heterocycles. The number of amides is 2. The highest BCUT2D eigenvalue weighted by molar-refractivity contribution is 5.98. The summed E-state index contributed by atoms with van der Waals surface area (Å²) in [4.78, 5) is 26.8. The van der Waals surface area contributed by atoms with E-state index in [9.17, 15) is 9.59 Å². The van der Waals surface area contributed by atoms with Crippen LogP contribution in [0.3, 0.4) is 0 Å². The summed E-state index contributed by atoms with van der Waals surface area (Å²) in [6, 6.07) is 14.5. The van der Waals surface area contributed by atoms with Crippen molar-refractivity contribution in [2.75, 3.05) is 13.7 Å². The van der Waals surface area contributed by atoms with Crippen LogP contribution in [-0.4, -0.2) is 35.9 Å². The number of carbonyl (C=O) groups is 2. The van der Waals surface area contributed by atoms with E-state index in [1.807, 2.05) is 52.0 Å². The molecular formula is C22H28N2O3. The lowest BCUT2D eigenvalue weighted by atomic mass is 10.1. The fraction of sp³-hybridized carbons (Fsp3) is 0.364. The molecule has 0 aliphatic rings. The first-order valence-corrected chi connectivity index (χ1v) is 9.08. The van der Waals surface area contributed by atoms with Crippen molar-refractivity contribution in [1.29, 1.82) is 0 Å². The number of nitrogens with zero attached hydrogens (tertiary/aromatic N) is 1. The van der Waals surface area contributed by atoms with E-state index in [0.717, 1.165) is 11.3 Å². The zero-order chi connectivity index (χ0) is 20.0. The van der Waals surface area contributed by atoms with Gasteiger partial charge in [0.1, 0.15) is 5.75 Å². The van der Waals surface area contributed by atoms with Gasteiger partial charge in [-0.25, -0.2) is 0 Å². The maximum Gasteiger partial charge on any atom is 0.254 e. The van der Waals surface area contributed by atoms with E-state index in [1.54, 1.807) is 36.3 Å². The molecule has 5 heteroatoms. The number of methoxy groups -OCH3 is 1. The van der Waals surface area contributed by atoms with Crippen LogP contribution in [0.25, 0.3) is 0 Å². The lowest BCUT2D eigenvalue weighted by Crippen LogP contribution is -2.40. The number of ether oxygens (including phenoxy) is 1. The van der Waals surface area contributed by atoms with E-state index in [1.165, 1.54) is 0 Å². The van der Waals surface area contributed by atoms with Crippen molar-refractivity contribution in [1.82, 2.24) is 10.2 Å². The Morgan fingerprint density at radius 3 is 2.00 bits per heavy atom. The molecule has 1 N–H and O–H groups in total. The quantitative estimate of drug-likeness (QED) is 0.842. The van der Waals surface area contributed by atoms with Gasteiger partial charge in [-0.2, -0.15) is 0 Å². The monoisotopic (exact) mass is 368 g/mol. The molecule has 0 aliphatic heterocycles. The molecule has 0 fully saturated rings. The second-order valence-corrected chi connectivity index (χ2v) is 7.45. The molecule has 0 saturated heterocycles. The summed E-state index contributed by atoms with van der Waals surface area (Å²) in [6.07, 6.45) is 0. The van der Waals surface area contributed by atoms with Gasteiger partial charge >= 0.3 is 0 Å². The number of hydrogen-bond donors (Lipinski definition) is 1. The SMILES string of the molecule is CCN(Cc1ccc(OC)cc1)C(=O)c1ccc(C(=O)NC(C)(C)C)cc1. The average Bonchev–Trinajstić information content (AvgIpc) is 2.65. The van der Waals surface area contributed by atoms with Crippen LogP contribution in [0.4, 0.5) is 0 Å². The van der Waals surface area contributed by atoms with E-state index < -0.39 is 0 Å². The molecule has 0 aliphatic carbocycles. The van der Waals surface area contributed by atoms with Gasteiger partial charge in [-0.1, -0.05) is 12.1 Å². The van der Waals surface area contributed by atoms with Gasteiger partial charge in [-0.3, -0.25) is 9.59 Å². The highest BCUT2D eigenvalue weighted by Gasteiger charge is 2.18. The largest absolute Gasteiger partial charge is 0.497 e. The minimum Gasteiger partial charge on any atom is -0.497 e. The number of benzene rings is 2. The minimum absolute atomic E-state index is 0.0592. The molecule has 2 amide bonds. The fourth-order valence-electron chi connectivity index (χ4n) is 2.64. The van der Waals surface area contributed by atoms with Crippen molar-refractivity contribution in [3.63, 3.8) is 0 Å². The van der Waals surface area contributed by atoms with Gasteiger partial charge in [0.25, 0.3) is 11.8 Å². The first-order chi connectivity index (χ1) is 12.7. The second kappa shape index (κ2) is 8.71. The normalized spacial score (nSPS) is 11.0. The molecule has 2 aromatic carbocycles. The Hall–Kier alpha value is -2.82. The van der Waals surface area contributed by atoms with Crippen LogP contribution in [0.15, 0.2) is 48.5 Å². The van der Waals surface area contributed by atoms with Crippen molar-refractivity contribution in [2.45, 2.75) is 39.8 Å². The molecule has 5 nitrogen and oxygen atoms in total. The van der Waals surface area contributed by atoms with E-state index in [2.05, 4.69) is 5.32 Å². The van der Waals surface area contributed by atoms with Gasteiger partial charge in [0.15, 0.2) is 0 Å². The molecule has 0 radical (unpaired) electrons. The van der Waals surface area contributed by atoms with Gasteiger partial charge in [-0.05, 0) is 69.7 Å². The lowest BCUT2D eigenvalue weighted by molar-refractivity contribution is 0.0751. The molecule has 0 bridgehead atoms. The third-order valence-corrected chi connectivity index (χ3v) is 4.08. The summed E-state index contributed by atoms with van der Waals surface area (Å²) in [7, 11) is 1.63. The Morgan fingerprint density at radius 2 is 1.52 bits per heavy atom. The van der Waals surface area contributed by atoms with Gasteiger partial charge in [-0.15, -0.1) is 0 Å². The maximum absolute atomic E-state index is 12.8. The van der Waals surface area contributed by atoms with Crippen LogP contribution in [-0.2, 0) is 6.54 Å². The maximum atomic E-state index is 12.8. The highest BCUT2D eigenvalue weighted by Crippen LogP contribution is 2.15. The van der Waals surface area contributed by atoms with Gasteiger partial charge in [0, 0.05) is 29.8 Å². The van der Waals surface area contributed by atoms with Crippen LogP contribution in [0.2, 0.25) is 0 Å². The fourth-order valence-corrected chi connectivity index (χ4v) is 2.64. The zero-order valence-corrected chi connectivity index (χ0v) is 16.7. The van der Waals surface area contributed by atoms with Crippen molar-refractivity contribution in [2.24, 2.45) is 0 Å². The third kappa shape index (κ3) is 5.84. The van der Waals surface area contributed by atoms with Gasteiger partial charge in [0.05, 0.1) is 7.11 Å². The summed E-state index contributed by atoms with van der Waals surface area (Å²) >= 11 is 0. The summed E-state index contributed by atoms with van der Waals surface area (Å²) in [5.41, 5.74) is 1.84. The second-order valence-electron chi connectivity index (χ2n) is 7.45. The molecule has 27 heavy (non-hydrogen) atoms. The Morgan fingerprint density at radius 1 is 0.963 bits per heavy atom. The zero-order valence-electron chi connectivity index (χ0n) is 16.7. The van der Waals surface area contributed by atoms with Crippen LogP contribution in [0.5, 0.6) is 5.75 Å². The van der Waals surface area contributed by atoms with Gasteiger partial charge in [0.2, 0.25) is 0 Å². The smallest absolute Gasteiger partial charge is 0.254 e. The Kier molecular flexibility index (Phi) is 6.61. The van der Waals surface area contributed by atoms with Crippen molar-refractivity contribution in [3.05, 3.63) is 65.2 Å². The van der Waals surface area contributed by atoms with E-state index in [-0.39, 0.29) is 17.4 Å². The number of carbonyl (C=O) groups excluding carboxylic acids is 2. The summed E-state index contributed by atoms with van der Waals surface area (Å²) in [5, 5.41) is 2.92. The van der Waals surface area contributed by atoms with Crippen LogP contribution < -0.4 is 10.1 Å². The van der Waals surface area contributed by atoms with E-state index in [4.69, 9.17) is 4.74 Å². The molecule has 0 atom stereocenters. The number of nitrogens with one attached hydrogen (secondary N) is 1. The molecule has 0 unspecified atom stereocenters. The Labute approximate surface area is 161 Å². The number of rotatable bonds is 6. The molecule has 2 aromatic rings. The van der Waals surface area contributed by atoms with Gasteiger partial charge < -0.3 is 15.0 Å². The van der Waals surface area contributed by atoms with Crippen molar-refractivity contribution < 1.29 is 14.3 Å². The molecule has 0 spiro atoms. The van der Waals surface area contributed by atoms with E-state index in [0.29, 0.717) is 24.2 Å². The Bertz CT molecular complexity index is 775. The topological polar surface area (TPSA) is 58.6 Å². The number of hydrogen-bond acceptors (Lipinski definition) is 3. The lowest BCUT2D eigenvalue weighted by Gasteiger charge is -2.22. The van der Waals surface area contributed by atoms with Crippen molar-refractivity contribution >= 4 is 11.8 Å². The predicted octanol–water partition coefficient (Wildman–Crippen LogP) is 3.89. The Balaban J connectivity index is 2.08. The van der Waals surface area contributed by atoms with Crippen molar-refractivity contribution in [3.8, 4) is 5.75 Å². The van der Waals surface area contributed by atoms with Crippen LogP contribution in [0, 0.1) is 0 Å². The first kappa shape index (κ1) is 20.5. The summed E-state index contributed by atoms with van der Waals surface area (Å²) in [5.74, 6) is 0.584. The first-order valence-electron chi connectivity index (χ1n) is 9.08. The molecule has 2 rings (SSSR count). The molecule has 0 saturated carbocycles. The molecule has 0 heterocycles.